The number of aryl methyl sites for hydroxylation is 1. The summed E-state index contributed by atoms with van der Waals surface area (Å²) < 4.78 is 0. The summed E-state index contributed by atoms with van der Waals surface area (Å²) in [5.41, 5.74) is 2.44. The lowest BCUT2D eigenvalue weighted by molar-refractivity contribution is 0.202. The molecule has 0 aliphatic carbocycles. The molecular formula is C15H24ClN3. The molecule has 0 saturated carbocycles. The molecule has 1 N–H and O–H groups in total. The van der Waals surface area contributed by atoms with Crippen LogP contribution in [0.4, 0.5) is 0 Å². The highest BCUT2D eigenvalue weighted by atomic mass is 35.5. The van der Waals surface area contributed by atoms with Crippen molar-refractivity contribution >= 4 is 11.6 Å². The van der Waals surface area contributed by atoms with E-state index >= 15 is 0 Å². The molecule has 1 saturated heterocycles. The van der Waals surface area contributed by atoms with Crippen LogP contribution in [0.25, 0.3) is 0 Å². The maximum absolute atomic E-state index is 6.28. The molecule has 106 valence electrons. The summed E-state index contributed by atoms with van der Waals surface area (Å²) in [5.74, 6) is 0. The van der Waals surface area contributed by atoms with Crippen molar-refractivity contribution in [3.05, 3.63) is 34.3 Å². The highest BCUT2D eigenvalue weighted by molar-refractivity contribution is 6.31. The molecule has 19 heavy (non-hydrogen) atoms. The van der Waals surface area contributed by atoms with Gasteiger partial charge in [-0.15, -0.1) is 0 Å². The molecule has 0 atom stereocenters. The molecular weight excluding hydrogens is 258 g/mol. The van der Waals surface area contributed by atoms with E-state index in [4.69, 9.17) is 11.6 Å². The fourth-order valence-electron chi connectivity index (χ4n) is 2.40. The Kier molecular flexibility index (Phi) is 5.64. The van der Waals surface area contributed by atoms with Gasteiger partial charge >= 0.3 is 0 Å². The lowest BCUT2D eigenvalue weighted by Crippen LogP contribution is -2.45. The molecule has 0 amide bonds. The molecule has 1 fully saturated rings. The Morgan fingerprint density at radius 2 is 2.05 bits per heavy atom. The van der Waals surface area contributed by atoms with Crippen molar-refractivity contribution < 1.29 is 0 Å². The number of likely N-dealkylation sites (N-methyl/N-ethyl adjacent to an activating group) is 1. The van der Waals surface area contributed by atoms with E-state index in [1.54, 1.807) is 0 Å². The van der Waals surface area contributed by atoms with Crippen LogP contribution in [0.5, 0.6) is 0 Å². The largest absolute Gasteiger partial charge is 0.314 e. The van der Waals surface area contributed by atoms with Gasteiger partial charge in [0.15, 0.2) is 0 Å². The molecule has 0 bridgehead atoms. The van der Waals surface area contributed by atoms with Gasteiger partial charge in [-0.1, -0.05) is 23.7 Å². The summed E-state index contributed by atoms with van der Waals surface area (Å²) in [7, 11) is 2.17. The van der Waals surface area contributed by atoms with Crippen LogP contribution in [0.3, 0.4) is 0 Å². The molecule has 0 unspecified atom stereocenters. The second kappa shape index (κ2) is 7.25. The Morgan fingerprint density at radius 3 is 2.74 bits per heavy atom. The fourth-order valence-corrected chi connectivity index (χ4v) is 2.69. The Labute approximate surface area is 121 Å². The van der Waals surface area contributed by atoms with Crippen molar-refractivity contribution in [2.45, 2.75) is 13.5 Å². The van der Waals surface area contributed by atoms with Crippen LogP contribution < -0.4 is 5.32 Å². The van der Waals surface area contributed by atoms with Crippen LogP contribution in [-0.2, 0) is 6.54 Å². The third kappa shape index (κ3) is 4.77. The summed E-state index contributed by atoms with van der Waals surface area (Å²) in [6, 6.07) is 6.31. The van der Waals surface area contributed by atoms with Crippen molar-refractivity contribution in [3.8, 4) is 0 Å². The number of benzene rings is 1. The molecule has 1 aromatic carbocycles. The van der Waals surface area contributed by atoms with Crippen LogP contribution >= 0.6 is 11.6 Å². The number of nitrogens with zero attached hydrogens (tertiary/aromatic N) is 2. The normalized spacial score (nSPS) is 17.1. The van der Waals surface area contributed by atoms with Crippen LogP contribution in [0.1, 0.15) is 11.1 Å². The molecule has 1 aliphatic rings. The Bertz CT molecular complexity index is 402. The number of rotatable bonds is 5. The van der Waals surface area contributed by atoms with Gasteiger partial charge in [0, 0.05) is 50.8 Å². The molecule has 0 radical (unpaired) electrons. The van der Waals surface area contributed by atoms with Crippen molar-refractivity contribution in [2.75, 3.05) is 46.3 Å². The Balaban J connectivity index is 1.78. The highest BCUT2D eigenvalue weighted by Crippen LogP contribution is 2.18. The van der Waals surface area contributed by atoms with Gasteiger partial charge in [0.05, 0.1) is 0 Å². The van der Waals surface area contributed by atoms with E-state index in [0.717, 1.165) is 37.7 Å². The van der Waals surface area contributed by atoms with Crippen LogP contribution in [0.15, 0.2) is 18.2 Å². The third-order valence-corrected chi connectivity index (χ3v) is 4.01. The molecule has 2 rings (SSSR count). The minimum Gasteiger partial charge on any atom is -0.314 e. The standard InChI is InChI=1S/C15H24ClN3/c1-13-3-4-14(15(16)11-13)12-18(2)9-10-19-7-5-17-6-8-19/h3-4,11,17H,5-10,12H2,1-2H3. The van der Waals surface area contributed by atoms with E-state index in [-0.39, 0.29) is 0 Å². The summed E-state index contributed by atoms with van der Waals surface area (Å²) in [6.07, 6.45) is 0. The predicted octanol–water partition coefficient (Wildman–Crippen LogP) is 1.99. The van der Waals surface area contributed by atoms with Crippen molar-refractivity contribution in [1.29, 1.82) is 0 Å². The monoisotopic (exact) mass is 281 g/mol. The van der Waals surface area contributed by atoms with E-state index in [9.17, 15) is 0 Å². The second-order valence-corrected chi connectivity index (χ2v) is 5.83. The first kappa shape index (κ1) is 14.8. The average Bonchev–Trinajstić information content (AvgIpc) is 2.41. The van der Waals surface area contributed by atoms with Gasteiger partial charge in [-0.25, -0.2) is 0 Å². The molecule has 1 heterocycles. The fraction of sp³-hybridized carbons (Fsp3) is 0.600. The molecule has 1 aromatic rings. The maximum atomic E-state index is 6.28. The van der Waals surface area contributed by atoms with Gasteiger partial charge in [-0.05, 0) is 31.2 Å². The van der Waals surface area contributed by atoms with Crippen molar-refractivity contribution in [3.63, 3.8) is 0 Å². The van der Waals surface area contributed by atoms with Gasteiger partial charge in [-0.3, -0.25) is 4.90 Å². The first-order chi connectivity index (χ1) is 9.15. The van der Waals surface area contributed by atoms with Gasteiger partial charge in [0.1, 0.15) is 0 Å². The van der Waals surface area contributed by atoms with Gasteiger partial charge in [0.2, 0.25) is 0 Å². The summed E-state index contributed by atoms with van der Waals surface area (Å²) in [5, 5.41) is 4.27. The van der Waals surface area contributed by atoms with Gasteiger partial charge in [-0.2, -0.15) is 0 Å². The van der Waals surface area contributed by atoms with Crippen LogP contribution in [0, 0.1) is 6.92 Å². The topological polar surface area (TPSA) is 18.5 Å². The summed E-state index contributed by atoms with van der Waals surface area (Å²) >= 11 is 6.28. The second-order valence-electron chi connectivity index (χ2n) is 5.42. The van der Waals surface area contributed by atoms with Crippen LogP contribution in [-0.4, -0.2) is 56.1 Å². The lowest BCUT2D eigenvalue weighted by Gasteiger charge is -2.29. The first-order valence-corrected chi connectivity index (χ1v) is 7.39. The van der Waals surface area contributed by atoms with Gasteiger partial charge < -0.3 is 10.2 Å². The van der Waals surface area contributed by atoms with E-state index in [2.05, 4.69) is 41.2 Å². The minimum absolute atomic E-state index is 0.883. The Hall–Kier alpha value is -0.610. The van der Waals surface area contributed by atoms with E-state index in [1.807, 2.05) is 6.07 Å². The quantitative estimate of drug-likeness (QED) is 0.890. The maximum Gasteiger partial charge on any atom is 0.0453 e. The molecule has 3 nitrogen and oxygen atoms in total. The zero-order chi connectivity index (χ0) is 13.7. The SMILES string of the molecule is Cc1ccc(CN(C)CCN2CCNCC2)c(Cl)c1. The van der Waals surface area contributed by atoms with Crippen molar-refractivity contribution in [1.82, 2.24) is 15.1 Å². The minimum atomic E-state index is 0.883. The first-order valence-electron chi connectivity index (χ1n) is 7.02. The zero-order valence-corrected chi connectivity index (χ0v) is 12.7. The number of halogens is 1. The Morgan fingerprint density at radius 1 is 1.32 bits per heavy atom. The lowest BCUT2D eigenvalue weighted by atomic mass is 10.1. The van der Waals surface area contributed by atoms with E-state index in [1.165, 1.54) is 24.2 Å². The van der Waals surface area contributed by atoms with Crippen LogP contribution in [0.2, 0.25) is 5.02 Å². The average molecular weight is 282 g/mol. The molecule has 0 spiro atoms. The number of piperazine rings is 1. The van der Waals surface area contributed by atoms with E-state index < -0.39 is 0 Å². The van der Waals surface area contributed by atoms with E-state index in [0.29, 0.717) is 0 Å². The van der Waals surface area contributed by atoms with Crippen molar-refractivity contribution in [2.24, 2.45) is 0 Å². The highest BCUT2D eigenvalue weighted by Gasteiger charge is 2.10. The zero-order valence-electron chi connectivity index (χ0n) is 12.0. The van der Waals surface area contributed by atoms with Gasteiger partial charge in [0.25, 0.3) is 0 Å². The molecule has 4 heteroatoms. The summed E-state index contributed by atoms with van der Waals surface area (Å²) in [4.78, 5) is 4.86. The summed E-state index contributed by atoms with van der Waals surface area (Å²) in [6.45, 7) is 9.79. The predicted molar refractivity (Wildman–Crippen MR) is 81.8 cm³/mol. The smallest absolute Gasteiger partial charge is 0.0453 e. The molecule has 0 aromatic heterocycles. The number of hydrogen-bond donors (Lipinski definition) is 1. The molecule has 1 aliphatic heterocycles. The number of hydrogen-bond acceptors (Lipinski definition) is 3. The third-order valence-electron chi connectivity index (χ3n) is 3.66. The number of nitrogens with one attached hydrogen (secondary N) is 1.